The second-order valence-corrected chi connectivity index (χ2v) is 7.76. The molecule has 1 aliphatic heterocycles. The summed E-state index contributed by atoms with van der Waals surface area (Å²) < 4.78 is 0. The minimum absolute atomic E-state index is 0.111. The van der Waals surface area contributed by atoms with Crippen LogP contribution >= 0.6 is 0 Å². The molecule has 0 bridgehead atoms. The number of para-hydroxylation sites is 2. The first-order chi connectivity index (χ1) is 14.5. The van der Waals surface area contributed by atoms with Gasteiger partial charge in [0.2, 0.25) is 5.91 Å². The number of nitrogens with zero attached hydrogens (tertiary/aromatic N) is 5. The van der Waals surface area contributed by atoms with E-state index < -0.39 is 0 Å². The van der Waals surface area contributed by atoms with Gasteiger partial charge in [-0.3, -0.25) is 14.6 Å². The Balaban J connectivity index is 1.35. The lowest BCUT2D eigenvalue weighted by atomic mass is 10.2. The smallest absolute Gasteiger partial charge is 0.243 e. The lowest BCUT2D eigenvalue weighted by molar-refractivity contribution is -0.123. The van der Waals surface area contributed by atoms with Gasteiger partial charge in [0.05, 0.1) is 18.1 Å². The molecule has 1 amide bonds. The van der Waals surface area contributed by atoms with Crippen LogP contribution in [-0.2, 0) is 11.3 Å². The number of hydrogen-bond donors (Lipinski definition) is 1. The Labute approximate surface area is 177 Å². The first-order valence-corrected chi connectivity index (χ1v) is 10.3. The Morgan fingerprint density at radius 3 is 2.43 bits per heavy atom. The molecule has 0 aliphatic carbocycles. The fourth-order valence-electron chi connectivity index (χ4n) is 3.95. The van der Waals surface area contributed by atoms with Crippen molar-refractivity contribution in [3.05, 3.63) is 60.4 Å². The molecular weight excluding hydrogens is 376 g/mol. The maximum Gasteiger partial charge on any atom is 0.243 e. The Bertz CT molecular complexity index is 1020. The van der Waals surface area contributed by atoms with Crippen molar-refractivity contribution in [1.82, 2.24) is 19.8 Å². The fraction of sp³-hybridized carbons (Fsp3) is 0.348. The minimum atomic E-state index is -0.162. The molecule has 7 heteroatoms. The summed E-state index contributed by atoms with van der Waals surface area (Å²) in [5.74, 6) is 1.38. The van der Waals surface area contributed by atoms with Crippen LogP contribution in [-0.4, -0.2) is 64.9 Å². The van der Waals surface area contributed by atoms with Crippen LogP contribution in [0.2, 0.25) is 0 Å². The average Bonchev–Trinajstić information content (AvgIpc) is 2.79. The molecular formula is C23H28N6O. The van der Waals surface area contributed by atoms with Crippen molar-refractivity contribution in [2.24, 2.45) is 0 Å². The number of anilines is 2. The number of nitrogens with two attached hydrogens (primary N) is 1. The second kappa shape index (κ2) is 8.77. The van der Waals surface area contributed by atoms with Crippen LogP contribution < -0.4 is 10.6 Å². The Hall–Kier alpha value is -3.03. The van der Waals surface area contributed by atoms with E-state index in [2.05, 4.69) is 19.8 Å². The number of hydrogen-bond acceptors (Lipinski definition) is 6. The Morgan fingerprint density at radius 2 is 1.70 bits per heavy atom. The van der Waals surface area contributed by atoms with Crippen LogP contribution in [0.3, 0.4) is 0 Å². The summed E-state index contributed by atoms with van der Waals surface area (Å²) in [6, 6.07) is 17.4. The molecule has 1 aromatic heterocycles. The molecule has 1 fully saturated rings. The van der Waals surface area contributed by atoms with E-state index in [1.807, 2.05) is 68.6 Å². The highest BCUT2D eigenvalue weighted by Crippen LogP contribution is 2.19. The molecule has 7 nitrogen and oxygen atoms in total. The summed E-state index contributed by atoms with van der Waals surface area (Å²) in [6.07, 6.45) is 0. The first kappa shape index (κ1) is 20.3. The normalized spacial score (nSPS) is 16.5. The third kappa shape index (κ3) is 4.27. The number of piperazine rings is 1. The minimum Gasteiger partial charge on any atom is -0.383 e. The lowest BCUT2D eigenvalue weighted by Gasteiger charge is -2.38. The van der Waals surface area contributed by atoms with E-state index in [0.29, 0.717) is 12.4 Å². The van der Waals surface area contributed by atoms with Crippen molar-refractivity contribution >= 4 is 28.3 Å². The van der Waals surface area contributed by atoms with E-state index in [9.17, 15) is 4.79 Å². The number of fused-ring (bicyclic) bond motifs is 1. The molecule has 2 heterocycles. The van der Waals surface area contributed by atoms with Gasteiger partial charge in [0.1, 0.15) is 11.6 Å². The van der Waals surface area contributed by atoms with E-state index in [4.69, 9.17) is 5.73 Å². The van der Waals surface area contributed by atoms with Crippen LogP contribution in [0.5, 0.6) is 0 Å². The van der Waals surface area contributed by atoms with Crippen molar-refractivity contribution in [1.29, 1.82) is 0 Å². The zero-order chi connectivity index (χ0) is 21.1. The Morgan fingerprint density at radius 1 is 1.03 bits per heavy atom. The number of likely N-dealkylation sites (N-methyl/N-ethyl adjacent to an activating group) is 1. The molecule has 0 radical (unpaired) electrons. The third-order valence-electron chi connectivity index (χ3n) is 5.83. The molecule has 1 atom stereocenters. The summed E-state index contributed by atoms with van der Waals surface area (Å²) in [5.41, 5.74) is 7.91. The van der Waals surface area contributed by atoms with Crippen molar-refractivity contribution in [2.75, 3.05) is 43.9 Å². The van der Waals surface area contributed by atoms with E-state index in [1.54, 1.807) is 4.90 Å². The van der Waals surface area contributed by atoms with E-state index in [-0.39, 0.29) is 11.9 Å². The van der Waals surface area contributed by atoms with Gasteiger partial charge in [0.25, 0.3) is 0 Å². The predicted molar refractivity (Wildman–Crippen MR) is 120 cm³/mol. The van der Waals surface area contributed by atoms with Gasteiger partial charge < -0.3 is 10.6 Å². The summed E-state index contributed by atoms with van der Waals surface area (Å²) in [5, 5.41) is 0.890. The largest absolute Gasteiger partial charge is 0.383 e. The molecule has 2 N–H and O–H groups in total. The average molecular weight is 405 g/mol. The number of amides is 1. The summed E-state index contributed by atoms with van der Waals surface area (Å²) in [7, 11) is 1.84. The topological polar surface area (TPSA) is 78.6 Å². The van der Waals surface area contributed by atoms with Gasteiger partial charge in [-0.15, -0.1) is 0 Å². The first-order valence-electron chi connectivity index (χ1n) is 10.3. The molecule has 156 valence electrons. The quantitative estimate of drug-likeness (QED) is 0.703. The van der Waals surface area contributed by atoms with Crippen LogP contribution in [0.15, 0.2) is 54.6 Å². The van der Waals surface area contributed by atoms with Crippen LogP contribution in [0.1, 0.15) is 12.7 Å². The zero-order valence-electron chi connectivity index (χ0n) is 17.5. The van der Waals surface area contributed by atoms with Crippen molar-refractivity contribution in [3.63, 3.8) is 0 Å². The Kier molecular flexibility index (Phi) is 5.92. The molecule has 2 aromatic carbocycles. The van der Waals surface area contributed by atoms with E-state index in [0.717, 1.165) is 48.6 Å². The van der Waals surface area contributed by atoms with Crippen molar-refractivity contribution < 1.29 is 4.79 Å². The molecule has 1 aliphatic rings. The lowest BCUT2D eigenvalue weighted by Crippen LogP contribution is -2.54. The van der Waals surface area contributed by atoms with Gasteiger partial charge in [0, 0.05) is 44.3 Å². The van der Waals surface area contributed by atoms with Gasteiger partial charge in [0.15, 0.2) is 0 Å². The summed E-state index contributed by atoms with van der Waals surface area (Å²) >= 11 is 0. The van der Waals surface area contributed by atoms with Gasteiger partial charge >= 0.3 is 0 Å². The number of carbonyl (C=O) groups excluding carboxylic acids is 1. The SMILES string of the molecule is CC(C(=O)N(C)c1ccccc1)N1CCN(Cc2nc(N)c3ccccc3n2)CC1. The highest BCUT2D eigenvalue weighted by atomic mass is 16.2. The van der Waals surface area contributed by atoms with Crippen LogP contribution in [0, 0.1) is 0 Å². The van der Waals surface area contributed by atoms with Gasteiger partial charge in [-0.05, 0) is 31.2 Å². The summed E-state index contributed by atoms with van der Waals surface area (Å²) in [4.78, 5) is 28.4. The highest BCUT2D eigenvalue weighted by Gasteiger charge is 2.28. The number of nitrogen functional groups attached to an aromatic ring is 1. The van der Waals surface area contributed by atoms with E-state index in [1.165, 1.54) is 0 Å². The van der Waals surface area contributed by atoms with Gasteiger partial charge in [-0.25, -0.2) is 9.97 Å². The maximum atomic E-state index is 12.9. The molecule has 1 saturated heterocycles. The molecule has 0 spiro atoms. The number of aromatic nitrogens is 2. The maximum absolute atomic E-state index is 12.9. The standard InChI is InChI=1S/C23H28N6O/c1-17(23(30)27(2)18-8-4-3-5-9-18)29-14-12-28(13-15-29)16-21-25-20-11-7-6-10-19(20)22(24)26-21/h3-11,17H,12-16H2,1-2H3,(H2,24,25,26). The molecule has 3 aromatic rings. The monoisotopic (exact) mass is 404 g/mol. The van der Waals surface area contributed by atoms with Crippen LogP contribution in [0.4, 0.5) is 11.5 Å². The number of benzene rings is 2. The number of rotatable bonds is 5. The van der Waals surface area contributed by atoms with E-state index >= 15 is 0 Å². The second-order valence-electron chi connectivity index (χ2n) is 7.76. The highest BCUT2D eigenvalue weighted by molar-refractivity contribution is 5.96. The predicted octanol–water partition coefficient (Wildman–Crippen LogP) is 2.38. The van der Waals surface area contributed by atoms with Crippen molar-refractivity contribution in [3.8, 4) is 0 Å². The van der Waals surface area contributed by atoms with Crippen LogP contribution in [0.25, 0.3) is 10.9 Å². The van der Waals surface area contributed by atoms with Crippen molar-refractivity contribution in [2.45, 2.75) is 19.5 Å². The number of carbonyl (C=O) groups is 1. The molecule has 30 heavy (non-hydrogen) atoms. The van der Waals surface area contributed by atoms with Gasteiger partial charge in [-0.2, -0.15) is 0 Å². The third-order valence-corrected chi connectivity index (χ3v) is 5.83. The summed E-state index contributed by atoms with van der Waals surface area (Å²) in [6.45, 7) is 6.04. The van der Waals surface area contributed by atoms with Gasteiger partial charge in [-0.1, -0.05) is 30.3 Å². The zero-order valence-corrected chi connectivity index (χ0v) is 17.5. The molecule has 1 unspecified atom stereocenters. The molecule has 4 rings (SSSR count). The molecule has 0 saturated carbocycles. The fourth-order valence-corrected chi connectivity index (χ4v) is 3.95.